The number of carbonyl (C=O) groups excluding carboxylic acids is 2. The van der Waals surface area contributed by atoms with E-state index in [0.29, 0.717) is 38.3 Å². The first kappa shape index (κ1) is 44.5. The average molecular weight is 829 g/mol. The van der Waals surface area contributed by atoms with E-state index in [0.717, 1.165) is 63.4 Å². The van der Waals surface area contributed by atoms with Crippen LogP contribution >= 0.6 is 0 Å². The van der Waals surface area contributed by atoms with Crippen LogP contribution in [-0.2, 0) is 30.7 Å². The third-order valence-electron chi connectivity index (χ3n) is 10.4. The van der Waals surface area contributed by atoms with Crippen LogP contribution in [0.3, 0.4) is 0 Å². The molecular formula is C51H53FN8O2. The van der Waals surface area contributed by atoms with Gasteiger partial charge in [-0.3, -0.25) is 14.8 Å². The van der Waals surface area contributed by atoms with E-state index in [1.807, 2.05) is 129 Å². The second kappa shape index (κ2) is 22.0. The molecule has 2 aromatic heterocycles. The predicted octanol–water partition coefficient (Wildman–Crippen LogP) is 9.48. The van der Waals surface area contributed by atoms with Crippen LogP contribution in [0.4, 0.5) is 20.6 Å². The Bertz CT molecular complexity index is 2610. The van der Waals surface area contributed by atoms with Crippen molar-refractivity contribution in [2.24, 2.45) is 0 Å². The number of hydrogen-bond donors (Lipinski definition) is 1. The summed E-state index contributed by atoms with van der Waals surface area (Å²) in [4.78, 5) is 45.6. The standard InChI is InChI=1S/C29H29N5O.C22H24FN3O/c1-30-27-11-8-23(9-12-27)18-22-4-6-24(7-5-22)21-34(17-16-33(2)3)29(35)32-28-13-10-26-20-31-15-14-25(26)19-28;1-25(2)10-11-26(16-18-4-3-5-21(23)13-18)22(27)14-17-6-7-20-15-24-9-8-19(20)12-17/h4-15,19-20H,16-18,21H2,2-3H3,(H,32,35);3-9,12-13,15H,10-11,14,16H2,1-2H3. The van der Waals surface area contributed by atoms with Crippen molar-refractivity contribution in [3.63, 3.8) is 0 Å². The maximum Gasteiger partial charge on any atom is 0.322 e. The lowest BCUT2D eigenvalue weighted by atomic mass is 10.0. The molecule has 0 aliphatic rings. The van der Waals surface area contributed by atoms with Crippen molar-refractivity contribution >= 4 is 44.9 Å². The van der Waals surface area contributed by atoms with E-state index in [1.54, 1.807) is 23.4 Å². The van der Waals surface area contributed by atoms with Gasteiger partial charge < -0.3 is 24.9 Å². The number of hydrogen-bond acceptors (Lipinski definition) is 6. The Morgan fingerprint density at radius 3 is 1.79 bits per heavy atom. The van der Waals surface area contributed by atoms with Crippen molar-refractivity contribution in [1.29, 1.82) is 0 Å². The first-order valence-electron chi connectivity index (χ1n) is 20.6. The number of likely N-dealkylation sites (N-methyl/N-ethyl adjacent to an activating group) is 2. The maximum absolute atomic E-state index is 13.5. The maximum atomic E-state index is 13.5. The second-order valence-corrected chi connectivity index (χ2v) is 15.8. The molecule has 7 aromatic rings. The largest absolute Gasteiger partial charge is 0.337 e. The molecule has 0 atom stereocenters. The van der Waals surface area contributed by atoms with Crippen LogP contribution in [-0.4, -0.2) is 95.9 Å². The number of carbonyl (C=O) groups is 2. The molecule has 1 N–H and O–H groups in total. The molecule has 10 nitrogen and oxygen atoms in total. The van der Waals surface area contributed by atoms with Gasteiger partial charge in [-0.2, -0.15) is 0 Å². The molecule has 0 fully saturated rings. The zero-order valence-corrected chi connectivity index (χ0v) is 35.8. The molecule has 3 amide bonds. The number of amides is 3. The summed E-state index contributed by atoms with van der Waals surface area (Å²) in [6, 6.07) is 38.1. The first-order valence-corrected chi connectivity index (χ1v) is 20.6. The van der Waals surface area contributed by atoms with Gasteiger partial charge in [0.05, 0.1) is 13.0 Å². The average Bonchev–Trinajstić information content (AvgIpc) is 3.27. The number of pyridine rings is 2. The molecule has 62 heavy (non-hydrogen) atoms. The second-order valence-electron chi connectivity index (χ2n) is 15.8. The third kappa shape index (κ3) is 13.5. The monoisotopic (exact) mass is 828 g/mol. The van der Waals surface area contributed by atoms with Crippen LogP contribution in [0.15, 0.2) is 146 Å². The number of benzene rings is 5. The van der Waals surface area contributed by atoms with Gasteiger partial charge in [-0.1, -0.05) is 84.9 Å². The normalized spacial score (nSPS) is 10.9. The minimum Gasteiger partial charge on any atom is -0.337 e. The Morgan fingerprint density at radius 1 is 0.597 bits per heavy atom. The minimum atomic E-state index is -0.282. The molecule has 2 heterocycles. The third-order valence-corrected chi connectivity index (χ3v) is 10.4. The highest BCUT2D eigenvalue weighted by Crippen LogP contribution is 2.21. The van der Waals surface area contributed by atoms with Gasteiger partial charge in [0.25, 0.3) is 0 Å². The Hall–Kier alpha value is -7.00. The Labute approximate surface area is 364 Å². The smallest absolute Gasteiger partial charge is 0.322 e. The molecular weight excluding hydrogens is 776 g/mol. The van der Waals surface area contributed by atoms with Crippen molar-refractivity contribution < 1.29 is 14.0 Å². The van der Waals surface area contributed by atoms with Crippen LogP contribution in [0.25, 0.3) is 26.4 Å². The topological polar surface area (TPSA) is 89.3 Å². The Kier molecular flexibility index (Phi) is 15.8. The predicted molar refractivity (Wildman–Crippen MR) is 247 cm³/mol. The molecule has 316 valence electrons. The fourth-order valence-corrected chi connectivity index (χ4v) is 6.84. The Morgan fingerprint density at radius 2 is 1.16 bits per heavy atom. The molecule has 0 unspecified atom stereocenters. The SMILES string of the molecule is CN(C)CCN(Cc1cccc(F)c1)C(=O)Cc1ccc2cnccc2c1.[C-]#[N+]c1ccc(Cc2ccc(CN(CCN(C)C)C(=O)Nc3ccc4cnccc4c3)cc2)cc1. The van der Waals surface area contributed by atoms with Gasteiger partial charge in [0.2, 0.25) is 5.91 Å². The van der Waals surface area contributed by atoms with E-state index in [9.17, 15) is 14.0 Å². The molecule has 0 aliphatic carbocycles. The van der Waals surface area contributed by atoms with Crippen molar-refractivity contribution in [1.82, 2.24) is 29.6 Å². The van der Waals surface area contributed by atoms with Gasteiger partial charge in [0.1, 0.15) is 5.82 Å². The summed E-state index contributed by atoms with van der Waals surface area (Å²) in [6.45, 7) is 10.8. The number of nitrogens with one attached hydrogen (secondary N) is 1. The number of nitrogens with zero attached hydrogens (tertiary/aromatic N) is 7. The highest BCUT2D eigenvalue weighted by molar-refractivity contribution is 5.93. The number of rotatable bonds is 15. The van der Waals surface area contributed by atoms with Gasteiger partial charge in [0.15, 0.2) is 5.69 Å². The molecule has 0 spiro atoms. The van der Waals surface area contributed by atoms with Crippen molar-refractivity contribution in [3.05, 3.63) is 191 Å². The fraction of sp³-hybridized carbons (Fsp3) is 0.235. The van der Waals surface area contributed by atoms with E-state index in [4.69, 9.17) is 6.57 Å². The van der Waals surface area contributed by atoms with Crippen LogP contribution < -0.4 is 5.32 Å². The van der Waals surface area contributed by atoms with Gasteiger partial charge in [-0.05, 0) is 110 Å². The van der Waals surface area contributed by atoms with Crippen LogP contribution in [0.5, 0.6) is 0 Å². The van der Waals surface area contributed by atoms with E-state index in [1.165, 1.54) is 23.3 Å². The summed E-state index contributed by atoms with van der Waals surface area (Å²) in [7, 11) is 7.96. The summed E-state index contributed by atoms with van der Waals surface area (Å²) in [5, 5.41) is 7.26. The number of aromatic nitrogens is 2. The molecule has 7 rings (SSSR count). The van der Waals surface area contributed by atoms with Crippen molar-refractivity contribution in [2.45, 2.75) is 25.9 Å². The summed E-state index contributed by atoms with van der Waals surface area (Å²) >= 11 is 0. The van der Waals surface area contributed by atoms with Gasteiger partial charge in [-0.25, -0.2) is 14.0 Å². The Balaban J connectivity index is 0.000000214. The zero-order valence-electron chi connectivity index (χ0n) is 35.8. The summed E-state index contributed by atoms with van der Waals surface area (Å²) in [5.74, 6) is -0.245. The van der Waals surface area contributed by atoms with Crippen molar-refractivity contribution in [3.8, 4) is 0 Å². The zero-order chi connectivity index (χ0) is 43.8. The number of halogens is 1. The summed E-state index contributed by atoms with van der Waals surface area (Å²) in [6.07, 6.45) is 8.26. The quantitative estimate of drug-likeness (QED) is 0.104. The number of fused-ring (bicyclic) bond motifs is 2. The van der Waals surface area contributed by atoms with E-state index in [-0.39, 0.29) is 17.8 Å². The molecule has 0 aliphatic heterocycles. The first-order chi connectivity index (χ1) is 30.0. The highest BCUT2D eigenvalue weighted by Gasteiger charge is 2.17. The van der Waals surface area contributed by atoms with E-state index >= 15 is 0 Å². The summed E-state index contributed by atoms with van der Waals surface area (Å²) < 4.78 is 13.5. The lowest BCUT2D eigenvalue weighted by molar-refractivity contribution is -0.131. The lowest BCUT2D eigenvalue weighted by Gasteiger charge is -2.25. The van der Waals surface area contributed by atoms with Gasteiger partial charge >= 0.3 is 6.03 Å². The van der Waals surface area contributed by atoms with Crippen LogP contribution in [0, 0.1) is 12.4 Å². The van der Waals surface area contributed by atoms with Crippen LogP contribution in [0.2, 0.25) is 0 Å². The highest BCUT2D eigenvalue weighted by atomic mass is 19.1. The van der Waals surface area contributed by atoms with E-state index < -0.39 is 0 Å². The summed E-state index contributed by atoms with van der Waals surface area (Å²) in [5.41, 5.74) is 6.63. The lowest BCUT2D eigenvalue weighted by Crippen LogP contribution is -2.39. The molecule has 5 aromatic carbocycles. The molecule has 0 bridgehead atoms. The van der Waals surface area contributed by atoms with E-state index in [2.05, 4.69) is 49.3 Å². The van der Waals surface area contributed by atoms with Gasteiger partial charge in [0, 0.05) is 80.5 Å². The van der Waals surface area contributed by atoms with Gasteiger partial charge in [-0.15, -0.1) is 0 Å². The fourth-order valence-electron chi connectivity index (χ4n) is 6.84. The van der Waals surface area contributed by atoms with Crippen molar-refractivity contribution in [2.75, 3.05) is 59.7 Å². The molecule has 11 heteroatoms. The number of urea groups is 1. The molecule has 0 radical (unpaired) electrons. The molecule has 0 saturated carbocycles. The number of anilines is 1. The minimum absolute atomic E-state index is 0.0366. The van der Waals surface area contributed by atoms with Crippen LogP contribution in [0.1, 0.15) is 27.8 Å². The molecule has 0 saturated heterocycles.